The van der Waals surface area contributed by atoms with Crippen molar-refractivity contribution >= 4 is 5.96 Å². The highest BCUT2D eigenvalue weighted by Crippen LogP contribution is 2.34. The second-order valence-electron chi connectivity index (χ2n) is 8.05. The van der Waals surface area contributed by atoms with Crippen molar-refractivity contribution in [2.45, 2.75) is 51.2 Å². The van der Waals surface area contributed by atoms with Crippen LogP contribution in [0.25, 0.3) is 0 Å². The van der Waals surface area contributed by atoms with Gasteiger partial charge in [-0.25, -0.2) is 0 Å². The van der Waals surface area contributed by atoms with Crippen molar-refractivity contribution in [1.82, 2.24) is 15.5 Å². The molecule has 1 atom stereocenters. The molecular formula is C22H36N4O2. The zero-order chi connectivity index (χ0) is 19.8. The van der Waals surface area contributed by atoms with E-state index in [1.165, 1.54) is 32.2 Å². The number of likely N-dealkylation sites (tertiary alicyclic amines) is 1. The van der Waals surface area contributed by atoms with Crippen LogP contribution in [0.1, 0.15) is 44.1 Å². The summed E-state index contributed by atoms with van der Waals surface area (Å²) in [5, 5.41) is 6.93. The molecular weight excluding hydrogens is 352 g/mol. The summed E-state index contributed by atoms with van der Waals surface area (Å²) < 4.78 is 11.9. The number of rotatable bonds is 7. The van der Waals surface area contributed by atoms with Gasteiger partial charge in [0.1, 0.15) is 0 Å². The van der Waals surface area contributed by atoms with E-state index in [1.54, 1.807) is 7.11 Å². The topological polar surface area (TPSA) is 58.1 Å². The molecule has 0 amide bonds. The Bertz CT molecular complexity index is 643. The third-order valence-corrected chi connectivity index (χ3v) is 5.82. The third-order valence-electron chi connectivity index (χ3n) is 5.82. The van der Waals surface area contributed by atoms with E-state index in [9.17, 15) is 0 Å². The molecule has 1 aliphatic carbocycles. The minimum absolute atomic E-state index is 0.302. The third kappa shape index (κ3) is 5.77. The van der Waals surface area contributed by atoms with Gasteiger partial charge >= 0.3 is 0 Å². The molecule has 28 heavy (non-hydrogen) atoms. The summed E-state index contributed by atoms with van der Waals surface area (Å²) in [7, 11) is 5.73. The zero-order valence-corrected chi connectivity index (χ0v) is 17.7. The van der Waals surface area contributed by atoms with Crippen LogP contribution >= 0.6 is 0 Å². The summed E-state index contributed by atoms with van der Waals surface area (Å²) in [5.41, 5.74) is 1.10. The maximum Gasteiger partial charge on any atom is 0.191 e. The molecule has 2 fully saturated rings. The Morgan fingerprint density at radius 1 is 1.18 bits per heavy atom. The Morgan fingerprint density at radius 3 is 2.71 bits per heavy atom. The highest BCUT2D eigenvalue weighted by Gasteiger charge is 2.21. The average molecular weight is 389 g/mol. The van der Waals surface area contributed by atoms with Crippen molar-refractivity contribution in [2.24, 2.45) is 10.9 Å². The number of piperidine rings is 1. The van der Waals surface area contributed by atoms with E-state index in [0.29, 0.717) is 18.6 Å². The van der Waals surface area contributed by atoms with Crippen LogP contribution in [0.4, 0.5) is 0 Å². The fourth-order valence-electron chi connectivity index (χ4n) is 4.25. The van der Waals surface area contributed by atoms with E-state index in [2.05, 4.69) is 33.6 Å². The van der Waals surface area contributed by atoms with Crippen molar-refractivity contribution in [3.63, 3.8) is 0 Å². The quantitative estimate of drug-likeness (QED) is 0.555. The normalized spacial score (nSPS) is 21.5. The first kappa shape index (κ1) is 20.8. The number of nitrogens with one attached hydrogen (secondary N) is 2. The fourth-order valence-corrected chi connectivity index (χ4v) is 4.25. The predicted octanol–water partition coefficient (Wildman–Crippen LogP) is 3.02. The number of nitrogens with zero attached hydrogens (tertiary/aromatic N) is 2. The van der Waals surface area contributed by atoms with Crippen LogP contribution in [0.15, 0.2) is 23.2 Å². The predicted molar refractivity (Wildman–Crippen MR) is 114 cm³/mol. The monoisotopic (exact) mass is 388 g/mol. The second-order valence-corrected chi connectivity index (χ2v) is 8.05. The lowest BCUT2D eigenvalue weighted by atomic mass is 9.99. The van der Waals surface area contributed by atoms with E-state index < -0.39 is 0 Å². The molecule has 1 aliphatic heterocycles. The molecule has 2 N–H and O–H groups in total. The van der Waals surface area contributed by atoms with E-state index >= 15 is 0 Å². The Morgan fingerprint density at radius 2 is 2.00 bits per heavy atom. The molecule has 1 saturated heterocycles. The van der Waals surface area contributed by atoms with E-state index in [-0.39, 0.29) is 0 Å². The minimum atomic E-state index is 0.302. The van der Waals surface area contributed by atoms with Crippen LogP contribution in [-0.4, -0.2) is 57.8 Å². The van der Waals surface area contributed by atoms with E-state index in [1.807, 2.05) is 19.2 Å². The molecule has 1 unspecified atom stereocenters. The van der Waals surface area contributed by atoms with Gasteiger partial charge in [-0.2, -0.15) is 0 Å². The molecule has 1 heterocycles. The molecule has 1 aromatic carbocycles. The van der Waals surface area contributed by atoms with Gasteiger partial charge in [0, 0.05) is 32.2 Å². The standard InChI is InChI=1S/C22H36N4O2/c1-23-22(24-14-17-8-7-13-26(2)16-17)25-15-18-9-6-12-20(27-3)21(18)28-19-10-4-5-11-19/h6,9,12,17,19H,4-5,7-8,10-11,13-16H2,1-3H3,(H2,23,24,25). The number of hydrogen-bond donors (Lipinski definition) is 2. The number of hydrogen-bond acceptors (Lipinski definition) is 4. The number of benzene rings is 1. The van der Waals surface area contributed by atoms with E-state index in [4.69, 9.17) is 9.47 Å². The molecule has 1 saturated carbocycles. The summed E-state index contributed by atoms with van der Waals surface area (Å²) in [4.78, 5) is 6.80. The molecule has 0 aromatic heterocycles. The lowest BCUT2D eigenvalue weighted by Gasteiger charge is -2.30. The molecule has 1 aromatic rings. The van der Waals surface area contributed by atoms with Crippen molar-refractivity contribution < 1.29 is 9.47 Å². The highest BCUT2D eigenvalue weighted by atomic mass is 16.5. The van der Waals surface area contributed by atoms with Gasteiger partial charge in [-0.3, -0.25) is 4.99 Å². The van der Waals surface area contributed by atoms with Gasteiger partial charge in [-0.05, 0) is 64.1 Å². The maximum absolute atomic E-state index is 6.33. The number of para-hydroxylation sites is 1. The van der Waals surface area contributed by atoms with Crippen molar-refractivity contribution in [2.75, 3.05) is 40.8 Å². The Labute approximate surface area is 169 Å². The van der Waals surface area contributed by atoms with Crippen LogP contribution < -0.4 is 20.1 Å². The van der Waals surface area contributed by atoms with Gasteiger partial charge in [-0.15, -0.1) is 0 Å². The second kappa shape index (κ2) is 10.6. The van der Waals surface area contributed by atoms with Gasteiger partial charge in [0.15, 0.2) is 17.5 Å². The summed E-state index contributed by atoms with van der Waals surface area (Å²) in [5.74, 6) is 3.19. The van der Waals surface area contributed by atoms with Crippen molar-refractivity contribution in [3.8, 4) is 11.5 Å². The zero-order valence-electron chi connectivity index (χ0n) is 17.7. The highest BCUT2D eigenvalue weighted by molar-refractivity contribution is 5.79. The lowest BCUT2D eigenvalue weighted by Crippen LogP contribution is -2.43. The molecule has 0 spiro atoms. The number of guanidine groups is 1. The van der Waals surface area contributed by atoms with Gasteiger partial charge in [0.2, 0.25) is 0 Å². The fraction of sp³-hybridized carbons (Fsp3) is 0.682. The molecule has 6 nitrogen and oxygen atoms in total. The molecule has 0 bridgehead atoms. The molecule has 2 aliphatic rings. The van der Waals surface area contributed by atoms with Crippen molar-refractivity contribution in [3.05, 3.63) is 23.8 Å². The Balaban J connectivity index is 1.57. The van der Waals surface area contributed by atoms with Crippen LogP contribution in [0, 0.1) is 5.92 Å². The molecule has 0 radical (unpaired) electrons. The summed E-state index contributed by atoms with van der Waals surface area (Å²) in [6.07, 6.45) is 7.62. The first-order chi connectivity index (χ1) is 13.7. The summed E-state index contributed by atoms with van der Waals surface area (Å²) in [6.45, 7) is 3.97. The van der Waals surface area contributed by atoms with Crippen LogP contribution in [-0.2, 0) is 6.54 Å². The van der Waals surface area contributed by atoms with Crippen LogP contribution in [0.2, 0.25) is 0 Å². The van der Waals surface area contributed by atoms with E-state index in [0.717, 1.165) is 49.0 Å². The summed E-state index contributed by atoms with van der Waals surface area (Å²) >= 11 is 0. The smallest absolute Gasteiger partial charge is 0.191 e. The van der Waals surface area contributed by atoms with Crippen LogP contribution in [0.3, 0.4) is 0 Å². The molecule has 6 heteroatoms. The SMILES string of the molecule is CN=C(NCc1cccc(OC)c1OC1CCCC1)NCC1CCCN(C)C1. The molecule has 3 rings (SSSR count). The minimum Gasteiger partial charge on any atom is -0.493 e. The van der Waals surface area contributed by atoms with Gasteiger partial charge < -0.3 is 25.0 Å². The van der Waals surface area contributed by atoms with Gasteiger partial charge in [-0.1, -0.05) is 12.1 Å². The number of aliphatic imine (C=N–C) groups is 1. The Hall–Kier alpha value is -1.95. The van der Waals surface area contributed by atoms with Crippen molar-refractivity contribution in [1.29, 1.82) is 0 Å². The largest absolute Gasteiger partial charge is 0.493 e. The van der Waals surface area contributed by atoms with Gasteiger partial charge in [0.25, 0.3) is 0 Å². The number of ether oxygens (including phenoxy) is 2. The molecule has 156 valence electrons. The Kier molecular flexibility index (Phi) is 7.83. The average Bonchev–Trinajstić information content (AvgIpc) is 3.22. The maximum atomic E-state index is 6.33. The van der Waals surface area contributed by atoms with Crippen LogP contribution in [0.5, 0.6) is 11.5 Å². The van der Waals surface area contributed by atoms with Gasteiger partial charge in [0.05, 0.1) is 13.2 Å². The first-order valence-corrected chi connectivity index (χ1v) is 10.6. The summed E-state index contributed by atoms with van der Waals surface area (Å²) in [6, 6.07) is 6.09. The number of methoxy groups -OCH3 is 1. The first-order valence-electron chi connectivity index (χ1n) is 10.6. The lowest BCUT2D eigenvalue weighted by molar-refractivity contribution is 0.198.